The van der Waals surface area contributed by atoms with Gasteiger partial charge in [-0.2, -0.15) is 0 Å². The first-order valence-electron chi connectivity index (χ1n) is 6.65. The highest BCUT2D eigenvalue weighted by Crippen LogP contribution is 2.14. The minimum absolute atomic E-state index is 0.0490. The van der Waals surface area contributed by atoms with E-state index in [4.69, 9.17) is 4.74 Å². The van der Waals surface area contributed by atoms with E-state index in [2.05, 4.69) is 5.32 Å². The summed E-state index contributed by atoms with van der Waals surface area (Å²) in [6.45, 7) is 3.15. The first-order valence-corrected chi connectivity index (χ1v) is 8.14. The number of ether oxygens (including phenoxy) is 1. The highest BCUT2D eigenvalue weighted by molar-refractivity contribution is 7.90. The van der Waals surface area contributed by atoms with Crippen LogP contribution in [0.25, 0.3) is 0 Å². The number of amides is 3. The third-order valence-corrected chi connectivity index (χ3v) is 4.44. The topological polar surface area (TPSA) is 105 Å². The van der Waals surface area contributed by atoms with E-state index in [1.54, 1.807) is 4.90 Å². The number of morpholine rings is 1. The summed E-state index contributed by atoms with van der Waals surface area (Å²) >= 11 is 0. The fourth-order valence-corrected chi connectivity index (χ4v) is 2.93. The van der Waals surface area contributed by atoms with E-state index in [1.807, 2.05) is 4.72 Å². The highest BCUT2D eigenvalue weighted by atomic mass is 32.2. The molecule has 1 aliphatic heterocycles. The molecular weight excluding hydrogens is 310 g/mol. The monoisotopic (exact) mass is 327 g/mol. The first-order chi connectivity index (χ1) is 10.4. The highest BCUT2D eigenvalue weighted by Gasteiger charge is 2.18. The third-order valence-electron chi connectivity index (χ3n) is 2.99. The predicted octanol–water partition coefficient (Wildman–Crippen LogP) is 0.376. The van der Waals surface area contributed by atoms with Crippen LogP contribution in [0.5, 0.6) is 0 Å². The molecule has 0 aromatic heterocycles. The predicted molar refractivity (Wildman–Crippen MR) is 78.9 cm³/mol. The summed E-state index contributed by atoms with van der Waals surface area (Å²) in [5, 5.41) is 2.68. The van der Waals surface area contributed by atoms with E-state index in [1.165, 1.54) is 24.3 Å². The van der Waals surface area contributed by atoms with Crippen LogP contribution in [0, 0.1) is 0 Å². The molecule has 0 atom stereocenters. The lowest BCUT2D eigenvalue weighted by Crippen LogP contribution is -2.43. The van der Waals surface area contributed by atoms with E-state index in [-0.39, 0.29) is 10.9 Å². The van der Waals surface area contributed by atoms with Crippen molar-refractivity contribution < 1.29 is 22.7 Å². The van der Waals surface area contributed by atoms with E-state index >= 15 is 0 Å². The zero-order valence-electron chi connectivity index (χ0n) is 12.0. The van der Waals surface area contributed by atoms with Crippen LogP contribution in [0.1, 0.15) is 6.92 Å². The third kappa shape index (κ3) is 4.18. The molecule has 8 nitrogen and oxygen atoms in total. The van der Waals surface area contributed by atoms with Crippen LogP contribution in [0.2, 0.25) is 0 Å². The Morgan fingerprint density at radius 1 is 1.14 bits per heavy atom. The van der Waals surface area contributed by atoms with E-state index in [0.29, 0.717) is 32.0 Å². The van der Waals surface area contributed by atoms with Crippen LogP contribution in [0.4, 0.5) is 10.5 Å². The maximum atomic E-state index is 12.0. The van der Waals surface area contributed by atoms with Crippen molar-refractivity contribution in [2.75, 3.05) is 31.6 Å². The van der Waals surface area contributed by atoms with E-state index < -0.39 is 15.9 Å². The quantitative estimate of drug-likeness (QED) is 0.835. The molecule has 2 N–H and O–H groups in total. The van der Waals surface area contributed by atoms with Gasteiger partial charge in [-0.1, -0.05) is 0 Å². The molecule has 0 saturated carbocycles. The smallest absolute Gasteiger partial charge is 0.321 e. The molecule has 0 spiro atoms. The van der Waals surface area contributed by atoms with E-state index in [0.717, 1.165) is 6.92 Å². The van der Waals surface area contributed by atoms with Gasteiger partial charge in [-0.3, -0.25) is 4.79 Å². The number of benzene rings is 1. The second kappa shape index (κ2) is 6.75. The Kier molecular flexibility index (Phi) is 4.99. The molecule has 0 aliphatic carbocycles. The molecule has 0 bridgehead atoms. The normalized spacial score (nSPS) is 15.2. The van der Waals surface area contributed by atoms with Crippen LogP contribution in [-0.2, 0) is 19.6 Å². The number of nitrogens with one attached hydrogen (secondary N) is 2. The molecule has 1 aromatic carbocycles. The summed E-state index contributed by atoms with van der Waals surface area (Å²) in [5.74, 6) is -0.662. The second-order valence-corrected chi connectivity index (χ2v) is 6.40. The SMILES string of the molecule is CC(=O)NS(=O)(=O)c1ccc(NC(=O)N2CCOCC2)cc1. The van der Waals surface area contributed by atoms with Gasteiger partial charge in [0.2, 0.25) is 5.91 Å². The zero-order chi connectivity index (χ0) is 16.2. The molecule has 3 amide bonds. The average molecular weight is 327 g/mol. The van der Waals surface area contributed by atoms with Gasteiger partial charge in [0.1, 0.15) is 0 Å². The zero-order valence-corrected chi connectivity index (χ0v) is 12.9. The Morgan fingerprint density at radius 2 is 1.73 bits per heavy atom. The summed E-state index contributed by atoms with van der Waals surface area (Å²) in [7, 11) is -3.86. The number of carbonyl (C=O) groups excluding carboxylic acids is 2. The number of hydrogen-bond donors (Lipinski definition) is 2. The van der Waals surface area contributed by atoms with Crippen LogP contribution >= 0.6 is 0 Å². The van der Waals surface area contributed by atoms with Crippen molar-refractivity contribution in [3.63, 3.8) is 0 Å². The first kappa shape index (κ1) is 16.2. The van der Waals surface area contributed by atoms with Crippen molar-refractivity contribution in [1.29, 1.82) is 0 Å². The van der Waals surface area contributed by atoms with E-state index in [9.17, 15) is 18.0 Å². The maximum absolute atomic E-state index is 12.0. The lowest BCUT2D eigenvalue weighted by molar-refractivity contribution is -0.117. The molecular formula is C13H17N3O5S. The number of nitrogens with zero attached hydrogens (tertiary/aromatic N) is 1. The van der Waals surface area contributed by atoms with Gasteiger partial charge >= 0.3 is 6.03 Å². The minimum atomic E-state index is -3.86. The van der Waals surface area contributed by atoms with Crippen molar-refractivity contribution in [3.05, 3.63) is 24.3 Å². The number of rotatable bonds is 3. The molecule has 22 heavy (non-hydrogen) atoms. The summed E-state index contributed by atoms with van der Waals surface area (Å²) in [6.07, 6.45) is 0. The number of carbonyl (C=O) groups is 2. The Hall–Kier alpha value is -2.13. The van der Waals surface area contributed by atoms with Crippen LogP contribution < -0.4 is 10.0 Å². The van der Waals surface area contributed by atoms with Crippen molar-refractivity contribution in [2.24, 2.45) is 0 Å². The van der Waals surface area contributed by atoms with Crippen molar-refractivity contribution >= 4 is 27.6 Å². The fraction of sp³-hybridized carbons (Fsp3) is 0.385. The molecule has 1 heterocycles. The Bertz CT molecular complexity index is 651. The lowest BCUT2D eigenvalue weighted by atomic mass is 10.3. The Labute approximate surface area is 128 Å². The summed E-state index contributed by atoms with van der Waals surface area (Å²) in [4.78, 5) is 24.4. The molecule has 1 aromatic rings. The second-order valence-electron chi connectivity index (χ2n) is 4.72. The van der Waals surface area contributed by atoms with Gasteiger partial charge in [0.05, 0.1) is 18.1 Å². The molecule has 0 radical (unpaired) electrons. The molecule has 120 valence electrons. The summed E-state index contributed by atoms with van der Waals surface area (Å²) in [5.41, 5.74) is 0.471. The molecule has 0 unspecified atom stereocenters. The van der Waals surface area contributed by atoms with Crippen LogP contribution in [-0.4, -0.2) is 51.6 Å². The van der Waals surface area contributed by atoms with Gasteiger partial charge in [-0.15, -0.1) is 0 Å². The lowest BCUT2D eigenvalue weighted by Gasteiger charge is -2.26. The van der Waals surface area contributed by atoms with Gasteiger partial charge in [-0.25, -0.2) is 17.9 Å². The molecule has 9 heteroatoms. The molecule has 2 rings (SSSR count). The van der Waals surface area contributed by atoms with Gasteiger partial charge in [0.25, 0.3) is 10.0 Å². The van der Waals surface area contributed by atoms with Crippen LogP contribution in [0.3, 0.4) is 0 Å². The maximum Gasteiger partial charge on any atom is 0.321 e. The number of hydrogen-bond acceptors (Lipinski definition) is 5. The standard InChI is InChI=1S/C13H17N3O5S/c1-10(17)15-22(19,20)12-4-2-11(3-5-12)14-13(18)16-6-8-21-9-7-16/h2-5H,6-9H2,1H3,(H,14,18)(H,15,17). The molecule has 1 saturated heterocycles. The molecule has 1 fully saturated rings. The minimum Gasteiger partial charge on any atom is -0.378 e. The Balaban J connectivity index is 2.02. The van der Waals surface area contributed by atoms with Gasteiger partial charge in [-0.05, 0) is 24.3 Å². The average Bonchev–Trinajstić information content (AvgIpc) is 2.47. The fourth-order valence-electron chi connectivity index (χ4n) is 1.93. The summed E-state index contributed by atoms with van der Waals surface area (Å²) < 4.78 is 30.6. The van der Waals surface area contributed by atoms with Crippen LogP contribution in [0.15, 0.2) is 29.2 Å². The number of anilines is 1. The van der Waals surface area contributed by atoms with Crippen molar-refractivity contribution in [3.8, 4) is 0 Å². The van der Waals surface area contributed by atoms with Gasteiger partial charge < -0.3 is 15.0 Å². The van der Waals surface area contributed by atoms with Gasteiger partial charge in [0, 0.05) is 25.7 Å². The van der Waals surface area contributed by atoms with Gasteiger partial charge in [0.15, 0.2) is 0 Å². The molecule has 1 aliphatic rings. The number of urea groups is 1. The largest absolute Gasteiger partial charge is 0.378 e. The Morgan fingerprint density at radius 3 is 2.27 bits per heavy atom. The van der Waals surface area contributed by atoms with Crippen molar-refractivity contribution in [1.82, 2.24) is 9.62 Å². The van der Waals surface area contributed by atoms with Crippen molar-refractivity contribution in [2.45, 2.75) is 11.8 Å². The number of sulfonamides is 1. The summed E-state index contributed by atoms with van der Waals surface area (Å²) in [6, 6.07) is 5.31.